The molecule has 2 unspecified atom stereocenters. The number of rotatable bonds is 4. The van der Waals surface area contributed by atoms with Crippen molar-refractivity contribution in [3.05, 3.63) is 23.9 Å². The Kier molecular flexibility index (Phi) is 4.65. The lowest BCUT2D eigenvalue weighted by atomic mass is 10.0. The molecule has 5 nitrogen and oxygen atoms in total. The van der Waals surface area contributed by atoms with Gasteiger partial charge < -0.3 is 10.6 Å². The monoisotopic (exact) mass is 297 g/mol. The number of nitrogens with zero attached hydrogens (tertiary/aromatic N) is 2. The highest BCUT2D eigenvalue weighted by atomic mass is 32.2. The van der Waals surface area contributed by atoms with Gasteiger partial charge in [-0.2, -0.15) is 0 Å². The number of hydrogen-bond donors (Lipinski definition) is 1. The van der Waals surface area contributed by atoms with Crippen LogP contribution in [0.1, 0.15) is 25.8 Å². The molecular formula is C14H23N3O2S. The standard InChI is InChI=1S/C14H23N3O2S/c1-3-13(15)9-12-5-4-6-16-14(12)17-7-8-20(18,19)10-11(17)2/h4-6,11,13H,3,7-10,15H2,1-2H3. The molecule has 6 heteroatoms. The van der Waals surface area contributed by atoms with Crippen LogP contribution in [0, 0.1) is 0 Å². The molecule has 2 heterocycles. The summed E-state index contributed by atoms with van der Waals surface area (Å²) in [5, 5.41) is 0. The Morgan fingerprint density at radius 2 is 2.30 bits per heavy atom. The minimum atomic E-state index is -2.91. The van der Waals surface area contributed by atoms with E-state index in [9.17, 15) is 8.42 Å². The minimum Gasteiger partial charge on any atom is -0.352 e. The van der Waals surface area contributed by atoms with E-state index in [1.807, 2.05) is 19.1 Å². The lowest BCUT2D eigenvalue weighted by molar-refractivity contribution is 0.565. The maximum absolute atomic E-state index is 11.7. The van der Waals surface area contributed by atoms with Crippen LogP contribution in [0.3, 0.4) is 0 Å². The van der Waals surface area contributed by atoms with E-state index in [1.165, 1.54) is 0 Å². The smallest absolute Gasteiger partial charge is 0.154 e. The first-order valence-corrected chi connectivity index (χ1v) is 8.91. The van der Waals surface area contributed by atoms with Gasteiger partial charge in [0.25, 0.3) is 0 Å². The largest absolute Gasteiger partial charge is 0.352 e. The van der Waals surface area contributed by atoms with Gasteiger partial charge in [0.2, 0.25) is 0 Å². The molecule has 0 amide bonds. The van der Waals surface area contributed by atoms with Gasteiger partial charge >= 0.3 is 0 Å². The molecule has 112 valence electrons. The van der Waals surface area contributed by atoms with Gasteiger partial charge in [0.15, 0.2) is 9.84 Å². The third kappa shape index (κ3) is 3.49. The molecule has 0 radical (unpaired) electrons. The molecule has 0 aliphatic carbocycles. The number of aromatic nitrogens is 1. The van der Waals surface area contributed by atoms with E-state index in [4.69, 9.17) is 5.73 Å². The van der Waals surface area contributed by atoms with Gasteiger partial charge in [-0.25, -0.2) is 13.4 Å². The molecule has 1 aromatic rings. The van der Waals surface area contributed by atoms with Crippen LogP contribution in [0.2, 0.25) is 0 Å². The average Bonchev–Trinajstić information content (AvgIpc) is 2.39. The molecule has 0 bridgehead atoms. The van der Waals surface area contributed by atoms with Gasteiger partial charge in [0, 0.05) is 24.8 Å². The third-order valence-corrected chi connectivity index (χ3v) is 5.61. The van der Waals surface area contributed by atoms with Crippen LogP contribution < -0.4 is 10.6 Å². The van der Waals surface area contributed by atoms with Crippen molar-refractivity contribution in [2.45, 2.75) is 38.8 Å². The number of nitrogens with two attached hydrogens (primary N) is 1. The van der Waals surface area contributed by atoms with Crippen molar-refractivity contribution in [2.75, 3.05) is 23.0 Å². The number of pyridine rings is 1. The predicted molar refractivity (Wildman–Crippen MR) is 81.7 cm³/mol. The van der Waals surface area contributed by atoms with Crippen molar-refractivity contribution < 1.29 is 8.42 Å². The second-order valence-electron chi connectivity index (χ2n) is 5.52. The van der Waals surface area contributed by atoms with Crippen LogP contribution >= 0.6 is 0 Å². The maximum atomic E-state index is 11.7. The molecule has 2 rings (SSSR count). The molecule has 2 atom stereocenters. The predicted octanol–water partition coefficient (Wildman–Crippen LogP) is 0.985. The zero-order valence-electron chi connectivity index (χ0n) is 12.1. The maximum Gasteiger partial charge on any atom is 0.154 e. The molecular weight excluding hydrogens is 274 g/mol. The summed E-state index contributed by atoms with van der Waals surface area (Å²) in [7, 11) is -2.91. The lowest BCUT2D eigenvalue weighted by Gasteiger charge is -2.35. The number of sulfone groups is 1. The topological polar surface area (TPSA) is 76.3 Å². The highest BCUT2D eigenvalue weighted by molar-refractivity contribution is 7.91. The first kappa shape index (κ1) is 15.3. The summed E-state index contributed by atoms with van der Waals surface area (Å²) in [4.78, 5) is 6.56. The molecule has 1 aliphatic heterocycles. The highest BCUT2D eigenvalue weighted by Gasteiger charge is 2.30. The van der Waals surface area contributed by atoms with Gasteiger partial charge in [0.1, 0.15) is 5.82 Å². The molecule has 1 aliphatic rings. The normalized spacial score (nSPS) is 23.6. The SMILES string of the molecule is CCC(N)Cc1cccnc1N1CCS(=O)(=O)CC1C. The molecule has 20 heavy (non-hydrogen) atoms. The van der Waals surface area contributed by atoms with Crippen LogP contribution in [0.5, 0.6) is 0 Å². The Morgan fingerprint density at radius 1 is 1.55 bits per heavy atom. The third-order valence-electron chi connectivity index (χ3n) is 3.82. The summed E-state index contributed by atoms with van der Waals surface area (Å²) in [5.74, 6) is 1.29. The Bertz CT molecular complexity index is 559. The van der Waals surface area contributed by atoms with Crippen molar-refractivity contribution >= 4 is 15.7 Å². The second-order valence-corrected chi connectivity index (χ2v) is 7.74. The van der Waals surface area contributed by atoms with E-state index in [1.54, 1.807) is 6.20 Å². The number of hydrogen-bond acceptors (Lipinski definition) is 5. The average molecular weight is 297 g/mol. The summed E-state index contributed by atoms with van der Waals surface area (Å²) < 4.78 is 23.4. The van der Waals surface area contributed by atoms with E-state index >= 15 is 0 Å². The van der Waals surface area contributed by atoms with Gasteiger partial charge in [-0.15, -0.1) is 0 Å². The van der Waals surface area contributed by atoms with Gasteiger partial charge in [-0.3, -0.25) is 0 Å². The molecule has 0 aromatic carbocycles. The van der Waals surface area contributed by atoms with Crippen LogP contribution in [0.4, 0.5) is 5.82 Å². The van der Waals surface area contributed by atoms with E-state index in [2.05, 4.69) is 16.8 Å². The quantitative estimate of drug-likeness (QED) is 0.896. The Balaban J connectivity index is 2.24. The minimum absolute atomic E-state index is 0.0414. The summed E-state index contributed by atoms with van der Waals surface area (Å²) in [5.41, 5.74) is 7.14. The van der Waals surface area contributed by atoms with E-state index < -0.39 is 9.84 Å². The molecule has 0 saturated carbocycles. The molecule has 1 fully saturated rings. The molecule has 1 saturated heterocycles. The summed E-state index contributed by atoms with van der Waals surface area (Å²) in [6.45, 7) is 4.51. The van der Waals surface area contributed by atoms with Crippen LogP contribution in [-0.4, -0.2) is 43.5 Å². The Morgan fingerprint density at radius 3 is 2.95 bits per heavy atom. The highest BCUT2D eigenvalue weighted by Crippen LogP contribution is 2.24. The van der Waals surface area contributed by atoms with E-state index in [-0.39, 0.29) is 23.6 Å². The first-order valence-electron chi connectivity index (χ1n) is 7.09. The zero-order valence-corrected chi connectivity index (χ0v) is 12.9. The van der Waals surface area contributed by atoms with E-state index in [0.717, 1.165) is 24.2 Å². The van der Waals surface area contributed by atoms with Gasteiger partial charge in [-0.05, 0) is 31.4 Å². The number of anilines is 1. The van der Waals surface area contributed by atoms with Crippen LogP contribution in [-0.2, 0) is 16.3 Å². The molecule has 1 aromatic heterocycles. The van der Waals surface area contributed by atoms with Crippen molar-refractivity contribution in [1.82, 2.24) is 4.98 Å². The lowest BCUT2D eigenvalue weighted by Crippen LogP contribution is -2.47. The summed E-state index contributed by atoms with van der Waals surface area (Å²) in [6.07, 6.45) is 3.44. The summed E-state index contributed by atoms with van der Waals surface area (Å²) in [6, 6.07) is 4.02. The molecule has 2 N–H and O–H groups in total. The fourth-order valence-electron chi connectivity index (χ4n) is 2.59. The van der Waals surface area contributed by atoms with Gasteiger partial charge in [-0.1, -0.05) is 13.0 Å². The fourth-order valence-corrected chi connectivity index (χ4v) is 4.14. The fraction of sp³-hybridized carbons (Fsp3) is 0.643. The van der Waals surface area contributed by atoms with E-state index in [0.29, 0.717) is 6.54 Å². The van der Waals surface area contributed by atoms with Crippen LogP contribution in [0.15, 0.2) is 18.3 Å². The zero-order chi connectivity index (χ0) is 14.8. The molecule has 0 spiro atoms. The second kappa shape index (κ2) is 6.10. The summed E-state index contributed by atoms with van der Waals surface area (Å²) >= 11 is 0. The van der Waals surface area contributed by atoms with Crippen LogP contribution in [0.25, 0.3) is 0 Å². The van der Waals surface area contributed by atoms with Crippen molar-refractivity contribution in [3.8, 4) is 0 Å². The Hall–Kier alpha value is -1.14. The van der Waals surface area contributed by atoms with Crippen molar-refractivity contribution in [2.24, 2.45) is 5.73 Å². The van der Waals surface area contributed by atoms with Crippen molar-refractivity contribution in [3.63, 3.8) is 0 Å². The van der Waals surface area contributed by atoms with Gasteiger partial charge in [0.05, 0.1) is 11.5 Å². The van der Waals surface area contributed by atoms with Crippen molar-refractivity contribution in [1.29, 1.82) is 0 Å². The first-order chi connectivity index (χ1) is 9.43. The Labute approximate surface area is 121 Å².